The zero-order valence-corrected chi connectivity index (χ0v) is 19.2. The zero-order chi connectivity index (χ0) is 21.3. The number of halogens is 1. The van der Waals surface area contributed by atoms with Crippen LogP contribution in [0.4, 0.5) is 0 Å². The lowest BCUT2D eigenvalue weighted by Gasteiger charge is -2.20. The van der Waals surface area contributed by atoms with Crippen molar-refractivity contribution >= 4 is 59.7 Å². The van der Waals surface area contributed by atoms with Crippen LogP contribution in [-0.4, -0.2) is 9.55 Å². The minimum atomic E-state index is 0.0467. The Morgan fingerprint density at radius 3 is 2.42 bits per heavy atom. The number of benzene rings is 3. The van der Waals surface area contributed by atoms with Gasteiger partial charge in [-0.25, -0.2) is 4.98 Å². The molecule has 0 saturated carbocycles. The molecule has 0 aliphatic heterocycles. The van der Waals surface area contributed by atoms with Gasteiger partial charge in [0, 0.05) is 32.2 Å². The van der Waals surface area contributed by atoms with Crippen molar-refractivity contribution < 1.29 is 4.42 Å². The van der Waals surface area contributed by atoms with Crippen LogP contribution >= 0.6 is 15.9 Å². The molecule has 152 valence electrons. The van der Waals surface area contributed by atoms with Crippen molar-refractivity contribution in [3.05, 3.63) is 83.0 Å². The van der Waals surface area contributed by atoms with E-state index in [1.54, 1.807) is 0 Å². The molecule has 0 aliphatic carbocycles. The average Bonchev–Trinajstić information content (AvgIpc) is 3.26. The maximum absolute atomic E-state index is 6.18. The van der Waals surface area contributed by atoms with Crippen LogP contribution in [0.15, 0.2) is 81.8 Å². The summed E-state index contributed by atoms with van der Waals surface area (Å²) < 4.78 is 9.49. The molecule has 0 fully saturated rings. The number of rotatable bonds is 1. The third-order valence-corrected chi connectivity index (χ3v) is 6.56. The third kappa shape index (κ3) is 2.82. The van der Waals surface area contributed by atoms with Gasteiger partial charge in [0.1, 0.15) is 17.0 Å². The van der Waals surface area contributed by atoms with E-state index in [1.807, 2.05) is 18.3 Å². The molecule has 0 N–H and O–H groups in total. The fourth-order valence-corrected chi connectivity index (χ4v) is 4.81. The first-order valence-corrected chi connectivity index (χ1v) is 11.2. The van der Waals surface area contributed by atoms with E-state index in [9.17, 15) is 0 Å². The number of nitrogens with zero attached hydrogens (tertiary/aromatic N) is 2. The van der Waals surface area contributed by atoms with E-state index in [2.05, 4.69) is 95.9 Å². The summed E-state index contributed by atoms with van der Waals surface area (Å²) in [6.07, 6.45) is 1.91. The summed E-state index contributed by atoms with van der Waals surface area (Å²) in [4.78, 5) is 4.78. The number of para-hydroxylation sites is 1. The highest BCUT2D eigenvalue weighted by Gasteiger charge is 2.19. The smallest absolute Gasteiger partial charge is 0.137 e. The van der Waals surface area contributed by atoms with E-state index >= 15 is 0 Å². The Bertz CT molecular complexity index is 1630. The Morgan fingerprint density at radius 1 is 0.774 bits per heavy atom. The van der Waals surface area contributed by atoms with Gasteiger partial charge < -0.3 is 4.42 Å². The Kier molecular flexibility index (Phi) is 3.87. The molecule has 0 radical (unpaired) electrons. The van der Waals surface area contributed by atoms with Crippen LogP contribution in [0.3, 0.4) is 0 Å². The van der Waals surface area contributed by atoms with Gasteiger partial charge in [-0.15, -0.1) is 0 Å². The van der Waals surface area contributed by atoms with E-state index < -0.39 is 0 Å². The summed E-state index contributed by atoms with van der Waals surface area (Å²) in [6.45, 7) is 6.70. The molecule has 0 amide bonds. The monoisotopic (exact) mass is 468 g/mol. The predicted molar refractivity (Wildman–Crippen MR) is 132 cm³/mol. The molecular formula is C27H21BrN2O. The van der Waals surface area contributed by atoms with Crippen molar-refractivity contribution in [2.24, 2.45) is 0 Å². The molecular weight excluding hydrogens is 448 g/mol. The summed E-state index contributed by atoms with van der Waals surface area (Å²) in [5, 5.41) is 4.60. The van der Waals surface area contributed by atoms with E-state index in [0.717, 1.165) is 48.6 Å². The highest BCUT2D eigenvalue weighted by atomic mass is 79.9. The van der Waals surface area contributed by atoms with Crippen molar-refractivity contribution in [1.29, 1.82) is 0 Å². The number of hydrogen-bond acceptors (Lipinski definition) is 2. The molecule has 0 bridgehead atoms. The minimum absolute atomic E-state index is 0.0467. The lowest BCUT2D eigenvalue weighted by atomic mass is 9.88. The number of hydrogen-bond donors (Lipinski definition) is 0. The summed E-state index contributed by atoms with van der Waals surface area (Å²) >= 11 is 3.66. The van der Waals surface area contributed by atoms with Gasteiger partial charge in [-0.1, -0.05) is 61.0 Å². The van der Waals surface area contributed by atoms with Crippen LogP contribution in [0.2, 0.25) is 0 Å². The second-order valence-electron chi connectivity index (χ2n) is 9.11. The number of aromatic nitrogens is 2. The fraction of sp³-hybridized carbons (Fsp3) is 0.148. The molecule has 3 aromatic carbocycles. The van der Waals surface area contributed by atoms with Gasteiger partial charge in [-0.3, -0.25) is 4.57 Å². The molecule has 6 rings (SSSR count). The molecule has 0 aliphatic rings. The van der Waals surface area contributed by atoms with Gasteiger partial charge >= 0.3 is 0 Å². The van der Waals surface area contributed by atoms with Gasteiger partial charge in [-0.05, 0) is 53.4 Å². The molecule has 31 heavy (non-hydrogen) atoms. The van der Waals surface area contributed by atoms with Crippen molar-refractivity contribution in [3.63, 3.8) is 0 Å². The number of fused-ring (bicyclic) bond motifs is 6. The normalized spacial score (nSPS) is 12.5. The van der Waals surface area contributed by atoms with Gasteiger partial charge in [-0.2, -0.15) is 0 Å². The van der Waals surface area contributed by atoms with Gasteiger partial charge in [0.05, 0.1) is 11.0 Å². The SMILES string of the molecule is CC(C)(C)c1ccnc(-n2c3cc(Br)ccc3c3cc4oc5ccccc5c4cc32)c1. The van der Waals surface area contributed by atoms with E-state index in [4.69, 9.17) is 9.40 Å². The van der Waals surface area contributed by atoms with Crippen molar-refractivity contribution in [3.8, 4) is 5.82 Å². The van der Waals surface area contributed by atoms with Crippen LogP contribution in [0.5, 0.6) is 0 Å². The number of furan rings is 1. The topological polar surface area (TPSA) is 31.0 Å². The molecule has 3 nitrogen and oxygen atoms in total. The van der Waals surface area contributed by atoms with Gasteiger partial charge in [0.25, 0.3) is 0 Å². The highest BCUT2D eigenvalue weighted by molar-refractivity contribution is 9.10. The fourth-order valence-electron chi connectivity index (χ4n) is 4.46. The molecule has 0 atom stereocenters. The van der Waals surface area contributed by atoms with Crippen LogP contribution < -0.4 is 0 Å². The highest BCUT2D eigenvalue weighted by Crippen LogP contribution is 2.39. The van der Waals surface area contributed by atoms with Crippen LogP contribution in [-0.2, 0) is 5.41 Å². The lowest BCUT2D eigenvalue weighted by molar-refractivity contribution is 0.588. The summed E-state index contributed by atoms with van der Waals surface area (Å²) in [5.74, 6) is 0.928. The first-order valence-electron chi connectivity index (χ1n) is 10.4. The van der Waals surface area contributed by atoms with Gasteiger partial charge in [0.2, 0.25) is 0 Å². The average molecular weight is 469 g/mol. The second kappa shape index (κ2) is 6.44. The Hall–Kier alpha value is -3.11. The molecule has 0 unspecified atom stereocenters. The second-order valence-corrected chi connectivity index (χ2v) is 10.0. The minimum Gasteiger partial charge on any atom is -0.456 e. The molecule has 3 heterocycles. The quantitative estimate of drug-likeness (QED) is 0.243. The Labute approximate surface area is 188 Å². The van der Waals surface area contributed by atoms with Crippen molar-refractivity contribution in [2.45, 2.75) is 26.2 Å². The largest absolute Gasteiger partial charge is 0.456 e. The maximum atomic E-state index is 6.18. The van der Waals surface area contributed by atoms with Crippen LogP contribution in [0.1, 0.15) is 26.3 Å². The summed E-state index contributed by atoms with van der Waals surface area (Å²) in [6, 6.07) is 23.4. The molecule has 0 saturated heterocycles. The number of pyridine rings is 1. The van der Waals surface area contributed by atoms with E-state index in [0.29, 0.717) is 0 Å². The van der Waals surface area contributed by atoms with E-state index in [-0.39, 0.29) is 5.41 Å². The van der Waals surface area contributed by atoms with Gasteiger partial charge in [0.15, 0.2) is 0 Å². The molecule has 4 heteroatoms. The summed E-state index contributed by atoms with van der Waals surface area (Å²) in [7, 11) is 0. The Morgan fingerprint density at radius 2 is 1.58 bits per heavy atom. The lowest BCUT2D eigenvalue weighted by Crippen LogP contribution is -2.12. The first-order chi connectivity index (χ1) is 14.9. The van der Waals surface area contributed by atoms with Crippen molar-refractivity contribution in [2.75, 3.05) is 0 Å². The third-order valence-electron chi connectivity index (χ3n) is 6.07. The first kappa shape index (κ1) is 18.6. The van der Waals surface area contributed by atoms with Crippen LogP contribution in [0.25, 0.3) is 49.6 Å². The predicted octanol–water partition coefficient (Wildman–Crippen LogP) is 8.14. The van der Waals surface area contributed by atoms with E-state index in [1.165, 1.54) is 10.9 Å². The Balaban J connectivity index is 1.78. The molecule has 3 aromatic heterocycles. The molecule has 0 spiro atoms. The zero-order valence-electron chi connectivity index (χ0n) is 17.6. The van der Waals surface area contributed by atoms with Crippen molar-refractivity contribution in [1.82, 2.24) is 9.55 Å². The standard InChI is InChI=1S/C27H21BrN2O/c1-27(2,3)16-10-11-29-26(12-16)30-22-13-17(28)8-9-18(22)20-15-25-21(14-23(20)30)19-6-4-5-7-24(19)31-25/h4-15H,1-3H3. The summed E-state index contributed by atoms with van der Waals surface area (Å²) in [5.41, 5.74) is 5.39. The maximum Gasteiger partial charge on any atom is 0.137 e. The molecule has 6 aromatic rings. The van der Waals surface area contributed by atoms with Crippen LogP contribution in [0, 0.1) is 0 Å².